The van der Waals surface area contributed by atoms with Crippen molar-refractivity contribution in [1.29, 1.82) is 0 Å². The van der Waals surface area contributed by atoms with Crippen molar-refractivity contribution in [2.75, 3.05) is 0 Å². The van der Waals surface area contributed by atoms with Crippen LogP contribution in [0.15, 0.2) is 46.3 Å². The van der Waals surface area contributed by atoms with Gasteiger partial charge in [-0.2, -0.15) is 0 Å². The normalized spacial score (nSPS) is 11.3. The minimum atomic E-state index is -4.09. The van der Waals surface area contributed by atoms with Crippen LogP contribution in [0, 0.1) is 17.0 Å². The monoisotopic (exact) mass is 312 g/mol. The van der Waals surface area contributed by atoms with Gasteiger partial charge < -0.3 is 0 Å². The van der Waals surface area contributed by atoms with Gasteiger partial charge in [-0.3, -0.25) is 10.1 Å². The van der Waals surface area contributed by atoms with Crippen LogP contribution < -0.4 is 0 Å². The average molecular weight is 313 g/mol. The van der Waals surface area contributed by atoms with E-state index in [1.54, 1.807) is 19.1 Å². The van der Waals surface area contributed by atoms with Crippen molar-refractivity contribution >= 4 is 27.1 Å². The number of nitrogens with zero attached hydrogens (tertiary/aromatic N) is 2. The SMILES string of the molecule is Cc1ccc(S(=O)(=O)c2nc(Cl)ccc2[N+](=O)[O-])cc1. The molecule has 0 saturated heterocycles. The van der Waals surface area contributed by atoms with Crippen molar-refractivity contribution < 1.29 is 13.3 Å². The maximum atomic E-state index is 12.4. The Labute approximate surface area is 120 Å². The van der Waals surface area contributed by atoms with Crippen LogP contribution in [-0.2, 0) is 9.84 Å². The molecule has 0 aliphatic heterocycles. The standard InChI is InChI=1S/C12H9ClN2O4S/c1-8-2-4-9(5-3-8)20(18,19)12-10(15(16)17)6-7-11(13)14-12/h2-7H,1H3. The van der Waals surface area contributed by atoms with Gasteiger partial charge in [0.2, 0.25) is 14.9 Å². The summed E-state index contributed by atoms with van der Waals surface area (Å²) in [6.45, 7) is 1.80. The molecule has 1 heterocycles. The van der Waals surface area contributed by atoms with E-state index in [9.17, 15) is 18.5 Å². The van der Waals surface area contributed by atoms with E-state index in [1.807, 2.05) is 0 Å². The van der Waals surface area contributed by atoms with E-state index in [4.69, 9.17) is 11.6 Å². The molecule has 8 heteroatoms. The fourth-order valence-electron chi connectivity index (χ4n) is 1.58. The lowest BCUT2D eigenvalue weighted by Crippen LogP contribution is -2.08. The predicted molar refractivity (Wildman–Crippen MR) is 72.5 cm³/mol. The zero-order valence-corrected chi connectivity index (χ0v) is 11.9. The highest BCUT2D eigenvalue weighted by atomic mass is 35.5. The molecule has 0 unspecified atom stereocenters. The topological polar surface area (TPSA) is 90.2 Å². The van der Waals surface area contributed by atoms with Crippen molar-refractivity contribution in [3.8, 4) is 0 Å². The highest BCUT2D eigenvalue weighted by molar-refractivity contribution is 7.91. The van der Waals surface area contributed by atoms with E-state index < -0.39 is 25.5 Å². The molecule has 2 aromatic rings. The number of rotatable bonds is 3. The average Bonchev–Trinajstić information content (AvgIpc) is 2.38. The number of nitro groups is 1. The molecule has 0 spiro atoms. The molecule has 0 atom stereocenters. The second-order valence-corrected chi connectivity index (χ2v) is 6.28. The van der Waals surface area contributed by atoms with Gasteiger partial charge in [-0.25, -0.2) is 13.4 Å². The Morgan fingerprint density at radius 3 is 2.30 bits per heavy atom. The van der Waals surface area contributed by atoms with Crippen LogP contribution >= 0.6 is 11.6 Å². The summed E-state index contributed by atoms with van der Waals surface area (Å²) in [5.74, 6) is 0. The maximum Gasteiger partial charge on any atom is 0.307 e. The molecule has 1 aromatic heterocycles. The quantitative estimate of drug-likeness (QED) is 0.494. The van der Waals surface area contributed by atoms with Crippen molar-refractivity contribution in [1.82, 2.24) is 4.98 Å². The van der Waals surface area contributed by atoms with E-state index >= 15 is 0 Å². The van der Waals surface area contributed by atoms with E-state index in [-0.39, 0.29) is 10.0 Å². The Balaban J connectivity index is 2.68. The van der Waals surface area contributed by atoms with Gasteiger partial charge in [-0.05, 0) is 25.1 Å². The van der Waals surface area contributed by atoms with Gasteiger partial charge in [0.25, 0.3) is 0 Å². The van der Waals surface area contributed by atoms with Gasteiger partial charge in [-0.15, -0.1) is 0 Å². The van der Waals surface area contributed by atoms with Gasteiger partial charge in [0.15, 0.2) is 0 Å². The number of aryl methyl sites for hydroxylation is 1. The zero-order chi connectivity index (χ0) is 14.9. The molecule has 6 nitrogen and oxygen atoms in total. The summed E-state index contributed by atoms with van der Waals surface area (Å²) >= 11 is 5.64. The molecule has 1 aromatic carbocycles. The van der Waals surface area contributed by atoms with Gasteiger partial charge in [0.05, 0.1) is 9.82 Å². The van der Waals surface area contributed by atoms with Crippen LogP contribution in [-0.4, -0.2) is 18.3 Å². The number of pyridine rings is 1. The smallest absolute Gasteiger partial charge is 0.258 e. The number of hydrogen-bond donors (Lipinski definition) is 0. The number of halogens is 1. The van der Waals surface area contributed by atoms with E-state index in [1.165, 1.54) is 18.2 Å². The first-order valence-corrected chi connectivity index (χ1v) is 7.31. The zero-order valence-electron chi connectivity index (χ0n) is 10.3. The predicted octanol–water partition coefficient (Wildman–Crippen LogP) is 2.78. The molecule has 0 amide bonds. The van der Waals surface area contributed by atoms with Crippen LogP contribution in [0.25, 0.3) is 0 Å². The molecule has 0 aliphatic rings. The van der Waals surface area contributed by atoms with Crippen LogP contribution in [0.4, 0.5) is 5.69 Å². The minimum absolute atomic E-state index is 0.0685. The summed E-state index contributed by atoms with van der Waals surface area (Å²) in [7, 11) is -4.09. The molecule has 2 rings (SSSR count). The van der Waals surface area contributed by atoms with Gasteiger partial charge in [0, 0.05) is 6.07 Å². The highest BCUT2D eigenvalue weighted by Gasteiger charge is 2.29. The van der Waals surface area contributed by atoms with Crippen molar-refractivity contribution in [3.63, 3.8) is 0 Å². The summed E-state index contributed by atoms with van der Waals surface area (Å²) in [6.07, 6.45) is 0. The summed E-state index contributed by atoms with van der Waals surface area (Å²) in [4.78, 5) is 13.7. The first-order chi connectivity index (χ1) is 9.32. The van der Waals surface area contributed by atoms with Crippen molar-refractivity contribution in [2.45, 2.75) is 16.8 Å². The Kier molecular flexibility index (Phi) is 3.74. The third-order valence-electron chi connectivity index (χ3n) is 2.59. The Bertz CT molecular complexity index is 773. The molecule has 104 valence electrons. The summed E-state index contributed by atoms with van der Waals surface area (Å²) in [5.41, 5.74) is 0.271. The first kappa shape index (κ1) is 14.4. The maximum absolute atomic E-state index is 12.4. The lowest BCUT2D eigenvalue weighted by molar-refractivity contribution is -0.388. The number of hydrogen-bond acceptors (Lipinski definition) is 5. The second-order valence-electron chi connectivity index (χ2n) is 4.03. The second kappa shape index (κ2) is 5.18. The fourth-order valence-corrected chi connectivity index (χ4v) is 3.13. The molecule has 0 radical (unpaired) electrons. The molecule has 0 bridgehead atoms. The largest absolute Gasteiger partial charge is 0.307 e. The third kappa shape index (κ3) is 2.63. The minimum Gasteiger partial charge on any atom is -0.258 e. The lowest BCUT2D eigenvalue weighted by Gasteiger charge is -2.05. The van der Waals surface area contributed by atoms with Crippen LogP contribution in [0.3, 0.4) is 0 Å². The van der Waals surface area contributed by atoms with Crippen LogP contribution in [0.2, 0.25) is 5.15 Å². The van der Waals surface area contributed by atoms with Gasteiger partial charge in [0.1, 0.15) is 5.15 Å². The summed E-state index contributed by atoms with van der Waals surface area (Å²) in [6, 6.07) is 8.14. The Morgan fingerprint density at radius 1 is 1.15 bits per heavy atom. The molecular formula is C12H9ClN2O4S. The fraction of sp³-hybridized carbons (Fsp3) is 0.0833. The molecular weight excluding hydrogens is 304 g/mol. The molecule has 0 fully saturated rings. The van der Waals surface area contributed by atoms with Crippen LogP contribution in [0.1, 0.15) is 5.56 Å². The molecule has 0 saturated carbocycles. The number of benzene rings is 1. The number of aromatic nitrogens is 1. The van der Waals surface area contributed by atoms with Gasteiger partial charge >= 0.3 is 5.69 Å². The molecule has 20 heavy (non-hydrogen) atoms. The Hall–Kier alpha value is -1.99. The summed E-state index contributed by atoms with van der Waals surface area (Å²) in [5, 5.41) is 10.1. The lowest BCUT2D eigenvalue weighted by atomic mass is 10.2. The third-order valence-corrected chi connectivity index (χ3v) is 4.50. The van der Waals surface area contributed by atoms with E-state index in [0.29, 0.717) is 0 Å². The Morgan fingerprint density at radius 2 is 1.75 bits per heavy atom. The van der Waals surface area contributed by atoms with E-state index in [2.05, 4.69) is 4.98 Å². The van der Waals surface area contributed by atoms with Gasteiger partial charge in [-0.1, -0.05) is 29.3 Å². The van der Waals surface area contributed by atoms with E-state index in [0.717, 1.165) is 11.6 Å². The highest BCUT2D eigenvalue weighted by Crippen LogP contribution is 2.28. The molecule has 0 N–H and O–H groups in total. The van der Waals surface area contributed by atoms with Crippen LogP contribution in [0.5, 0.6) is 0 Å². The van der Waals surface area contributed by atoms with Crippen molar-refractivity contribution in [3.05, 3.63) is 57.2 Å². The van der Waals surface area contributed by atoms with Crippen molar-refractivity contribution in [2.24, 2.45) is 0 Å². The molecule has 0 aliphatic carbocycles. The summed E-state index contributed by atoms with van der Waals surface area (Å²) < 4.78 is 24.8. The number of sulfone groups is 1. The first-order valence-electron chi connectivity index (χ1n) is 5.45.